The molecule has 0 spiro atoms. The van der Waals surface area contributed by atoms with E-state index in [9.17, 15) is 21.6 Å². The first-order valence-electron chi connectivity index (χ1n) is 5.99. The van der Waals surface area contributed by atoms with Crippen molar-refractivity contribution in [3.63, 3.8) is 0 Å². The molecule has 0 saturated carbocycles. The molecule has 0 radical (unpaired) electrons. The van der Waals surface area contributed by atoms with E-state index in [1.54, 1.807) is 20.8 Å². The lowest BCUT2D eigenvalue weighted by Crippen LogP contribution is -2.40. The van der Waals surface area contributed by atoms with E-state index in [0.29, 0.717) is 13.0 Å². The highest BCUT2D eigenvalue weighted by Gasteiger charge is 2.49. The summed E-state index contributed by atoms with van der Waals surface area (Å²) in [4.78, 5) is 1.45. The van der Waals surface area contributed by atoms with Crippen molar-refractivity contribution < 1.29 is 30.5 Å². The quantitative estimate of drug-likeness (QED) is 0.435. The maximum atomic E-state index is 12.3. The molecular weight excluding hydrogens is 331 g/mol. The first-order valence-corrected chi connectivity index (χ1v) is 7.81. The van der Waals surface area contributed by atoms with Crippen LogP contribution in [0.15, 0.2) is 11.8 Å². The van der Waals surface area contributed by atoms with Crippen LogP contribution in [-0.4, -0.2) is 42.7 Å². The number of ether oxygens (including phenoxy) is 1. The number of rotatable bonds is 2. The number of alkyl halides is 3. The van der Waals surface area contributed by atoms with Crippen LogP contribution in [0.3, 0.4) is 0 Å². The predicted molar refractivity (Wildman–Crippen MR) is 73.8 cm³/mol. The van der Waals surface area contributed by atoms with E-state index in [4.69, 9.17) is 17.0 Å². The van der Waals surface area contributed by atoms with E-state index in [0.717, 1.165) is 0 Å². The van der Waals surface area contributed by atoms with Gasteiger partial charge in [-0.3, -0.25) is 0 Å². The molecular formula is C11H16F3NO4S2. The lowest BCUT2D eigenvalue weighted by Gasteiger charge is -2.32. The Morgan fingerprint density at radius 3 is 2.38 bits per heavy atom. The molecule has 0 aromatic carbocycles. The molecule has 0 fully saturated rings. The fraction of sp³-hybridized carbons (Fsp3) is 0.727. The molecule has 0 atom stereocenters. The fourth-order valence-corrected chi connectivity index (χ4v) is 2.35. The monoisotopic (exact) mass is 347 g/mol. The van der Waals surface area contributed by atoms with Crippen LogP contribution in [0.5, 0.6) is 0 Å². The molecule has 0 aromatic rings. The lowest BCUT2D eigenvalue weighted by atomic mass is 10.2. The summed E-state index contributed by atoms with van der Waals surface area (Å²) < 4.78 is 68.2. The summed E-state index contributed by atoms with van der Waals surface area (Å²) in [5, 5.41) is 0.0844. The van der Waals surface area contributed by atoms with Crippen LogP contribution >= 0.6 is 12.2 Å². The molecule has 0 amide bonds. The minimum atomic E-state index is -5.66. The molecule has 21 heavy (non-hydrogen) atoms. The van der Waals surface area contributed by atoms with E-state index in [2.05, 4.69) is 4.18 Å². The Hall–Kier alpha value is -1.03. The highest BCUT2D eigenvalue weighted by molar-refractivity contribution is 7.87. The van der Waals surface area contributed by atoms with Crippen molar-refractivity contribution >= 4 is 27.5 Å². The van der Waals surface area contributed by atoms with Crippen molar-refractivity contribution in [1.82, 2.24) is 4.90 Å². The van der Waals surface area contributed by atoms with Crippen LogP contribution < -0.4 is 0 Å². The van der Waals surface area contributed by atoms with Crippen molar-refractivity contribution in [3.05, 3.63) is 11.8 Å². The van der Waals surface area contributed by atoms with Gasteiger partial charge >= 0.3 is 15.6 Å². The third-order valence-corrected chi connectivity index (χ3v) is 3.61. The highest BCUT2D eigenvalue weighted by atomic mass is 32.2. The molecule has 0 aliphatic carbocycles. The van der Waals surface area contributed by atoms with Crippen LogP contribution in [-0.2, 0) is 19.0 Å². The first-order chi connectivity index (χ1) is 9.32. The van der Waals surface area contributed by atoms with Gasteiger partial charge in [0.15, 0.2) is 0 Å². The predicted octanol–water partition coefficient (Wildman–Crippen LogP) is 2.54. The van der Waals surface area contributed by atoms with Gasteiger partial charge in [-0.2, -0.15) is 21.6 Å². The van der Waals surface area contributed by atoms with Crippen LogP contribution in [0.2, 0.25) is 0 Å². The summed E-state index contributed by atoms with van der Waals surface area (Å²) in [6.45, 7) is 5.53. The Labute approximate surface area is 126 Å². The van der Waals surface area contributed by atoms with Gasteiger partial charge < -0.3 is 13.8 Å². The zero-order valence-electron chi connectivity index (χ0n) is 11.7. The molecule has 10 heteroatoms. The molecule has 0 aromatic heterocycles. The van der Waals surface area contributed by atoms with Gasteiger partial charge in [0.2, 0.25) is 0 Å². The molecule has 1 rings (SSSR count). The third-order valence-electron chi connectivity index (χ3n) is 2.27. The summed E-state index contributed by atoms with van der Waals surface area (Å²) in [5.41, 5.74) is -6.02. The maximum absolute atomic E-state index is 12.3. The Morgan fingerprint density at radius 2 is 1.90 bits per heavy atom. The standard InChI is InChI=1S/C11H16F3NO4S2/c1-10(2,3)18-9(20)15-6-4-5-8(7-15)19-21(16,17)11(12,13)14/h5H,4,6-7H2,1-3H3. The van der Waals surface area contributed by atoms with Crippen molar-refractivity contribution in [2.24, 2.45) is 0 Å². The van der Waals surface area contributed by atoms with Crippen LogP contribution in [0, 0.1) is 0 Å². The van der Waals surface area contributed by atoms with Gasteiger partial charge in [-0.05, 0) is 45.5 Å². The molecule has 0 bridgehead atoms. The second-order valence-electron chi connectivity index (χ2n) is 5.34. The minimum Gasteiger partial charge on any atom is -0.465 e. The van der Waals surface area contributed by atoms with Crippen LogP contribution in [0.25, 0.3) is 0 Å². The lowest BCUT2D eigenvalue weighted by molar-refractivity contribution is -0.0525. The van der Waals surface area contributed by atoms with E-state index in [1.165, 1.54) is 11.0 Å². The molecule has 1 heterocycles. The average Bonchev–Trinajstić information content (AvgIpc) is 2.24. The Balaban J connectivity index is 2.74. The second kappa shape index (κ2) is 5.99. The average molecular weight is 347 g/mol. The van der Waals surface area contributed by atoms with Crippen molar-refractivity contribution in [1.29, 1.82) is 0 Å². The minimum absolute atomic E-state index is 0.0844. The van der Waals surface area contributed by atoms with Gasteiger partial charge in [0.1, 0.15) is 11.4 Å². The van der Waals surface area contributed by atoms with Crippen molar-refractivity contribution in [3.8, 4) is 0 Å². The van der Waals surface area contributed by atoms with Gasteiger partial charge in [0, 0.05) is 6.54 Å². The first kappa shape index (κ1) is 18.0. The number of hydrogen-bond acceptors (Lipinski definition) is 5. The van der Waals surface area contributed by atoms with Gasteiger partial charge in [0.25, 0.3) is 5.17 Å². The highest BCUT2D eigenvalue weighted by Crippen LogP contribution is 2.28. The number of thiocarbonyl (C=S) groups is 1. The van der Waals surface area contributed by atoms with Gasteiger partial charge in [-0.25, -0.2) is 0 Å². The van der Waals surface area contributed by atoms with Gasteiger partial charge in [-0.1, -0.05) is 0 Å². The summed E-state index contributed by atoms with van der Waals surface area (Å²) in [6.07, 6.45) is 1.59. The molecule has 122 valence electrons. The van der Waals surface area contributed by atoms with Crippen molar-refractivity contribution in [2.75, 3.05) is 13.1 Å². The topological polar surface area (TPSA) is 55.8 Å². The molecule has 0 N–H and O–H groups in total. The smallest absolute Gasteiger partial charge is 0.465 e. The SMILES string of the molecule is CC(C)(C)OC(=S)N1CCC=C(OS(=O)(=O)C(F)(F)F)C1. The number of hydrogen-bond donors (Lipinski definition) is 0. The Bertz CT molecular complexity index is 535. The molecule has 1 aliphatic heterocycles. The van der Waals surface area contributed by atoms with E-state index in [1.807, 2.05) is 0 Å². The molecule has 0 saturated heterocycles. The van der Waals surface area contributed by atoms with Crippen LogP contribution in [0.1, 0.15) is 27.2 Å². The fourth-order valence-electron chi connectivity index (χ4n) is 1.44. The van der Waals surface area contributed by atoms with Crippen LogP contribution in [0.4, 0.5) is 13.2 Å². The summed E-state index contributed by atoms with van der Waals surface area (Å²) >= 11 is 5.04. The molecule has 5 nitrogen and oxygen atoms in total. The van der Waals surface area contributed by atoms with E-state index >= 15 is 0 Å². The number of nitrogens with zero attached hydrogens (tertiary/aromatic N) is 1. The second-order valence-corrected chi connectivity index (χ2v) is 7.23. The van der Waals surface area contributed by atoms with Gasteiger partial charge in [-0.15, -0.1) is 0 Å². The Kier molecular flexibility index (Phi) is 5.14. The van der Waals surface area contributed by atoms with Crippen molar-refractivity contribution in [2.45, 2.75) is 38.3 Å². The molecule has 1 aliphatic rings. The van der Waals surface area contributed by atoms with E-state index in [-0.39, 0.29) is 17.5 Å². The maximum Gasteiger partial charge on any atom is 0.534 e. The largest absolute Gasteiger partial charge is 0.534 e. The summed E-state index contributed by atoms with van der Waals surface area (Å²) in [5.74, 6) is -0.321. The molecule has 0 unspecified atom stereocenters. The zero-order chi connectivity index (χ0) is 16.5. The third kappa shape index (κ3) is 5.34. The normalized spacial score (nSPS) is 17.2. The number of halogens is 3. The van der Waals surface area contributed by atoms with E-state index < -0.39 is 21.2 Å². The summed E-state index contributed by atoms with van der Waals surface area (Å²) in [6, 6.07) is 0. The summed E-state index contributed by atoms with van der Waals surface area (Å²) in [7, 11) is -5.66. The Morgan fingerprint density at radius 1 is 1.33 bits per heavy atom. The zero-order valence-corrected chi connectivity index (χ0v) is 13.4. The van der Waals surface area contributed by atoms with Gasteiger partial charge in [0.05, 0.1) is 6.54 Å².